The monoisotopic (exact) mass is 549 g/mol. The average molecular weight is 550 g/mol. The third kappa shape index (κ3) is 6.34. The van der Waals surface area contributed by atoms with E-state index in [1.807, 2.05) is 30.3 Å². The molecule has 0 atom stereocenters. The lowest BCUT2D eigenvalue weighted by atomic mass is 9.98. The molecule has 2 N–H and O–H groups in total. The fourth-order valence-electron chi connectivity index (χ4n) is 4.79. The van der Waals surface area contributed by atoms with Crippen LogP contribution in [0.1, 0.15) is 11.1 Å². The third-order valence-electron chi connectivity index (χ3n) is 7.09. The van der Waals surface area contributed by atoms with Crippen LogP contribution in [0.5, 0.6) is 11.5 Å². The van der Waals surface area contributed by atoms with Gasteiger partial charge in [-0.2, -0.15) is 10.6 Å². The van der Waals surface area contributed by atoms with Crippen LogP contribution in [0.25, 0.3) is 33.4 Å². The van der Waals surface area contributed by atoms with Gasteiger partial charge in [0.25, 0.3) is 0 Å². The van der Waals surface area contributed by atoms with Crippen molar-refractivity contribution < 1.29 is 23.3 Å². The number of rotatable bonds is 9. The van der Waals surface area contributed by atoms with Gasteiger partial charge in [-0.3, -0.25) is 19.0 Å². The summed E-state index contributed by atoms with van der Waals surface area (Å²) in [7, 11) is 0.874. The molecule has 9 heteroatoms. The van der Waals surface area contributed by atoms with Crippen molar-refractivity contribution >= 4 is 21.6 Å². The highest BCUT2D eigenvalue weighted by molar-refractivity contribution is 8.24. The van der Waals surface area contributed by atoms with Crippen LogP contribution >= 0.6 is 10.6 Å². The van der Waals surface area contributed by atoms with E-state index < -0.39 is 10.6 Å². The predicted octanol–water partition coefficient (Wildman–Crippen LogP) is 5.87. The van der Waals surface area contributed by atoms with Crippen molar-refractivity contribution in [2.75, 3.05) is 52.0 Å². The lowest BCUT2D eigenvalue weighted by molar-refractivity contribution is 0.144. The lowest BCUT2D eigenvalue weighted by Crippen LogP contribution is -2.37. The van der Waals surface area contributed by atoms with E-state index in [0.29, 0.717) is 49.3 Å². The molecule has 39 heavy (non-hydrogen) atoms. The van der Waals surface area contributed by atoms with E-state index in [0.717, 1.165) is 40.0 Å². The van der Waals surface area contributed by atoms with Gasteiger partial charge in [0.05, 0.1) is 48.1 Å². The van der Waals surface area contributed by atoms with Crippen molar-refractivity contribution in [1.29, 1.82) is 0 Å². The first-order valence-corrected chi connectivity index (χ1v) is 14.9. The Morgan fingerprint density at radius 2 is 1.72 bits per heavy atom. The molecule has 0 amide bonds. The molecule has 5 rings (SSSR count). The van der Waals surface area contributed by atoms with Gasteiger partial charge in [-0.25, -0.2) is 4.98 Å². The molecule has 0 aliphatic carbocycles. The highest BCUT2D eigenvalue weighted by Crippen LogP contribution is 2.40. The smallest absolute Gasteiger partial charge is 0.161 e. The van der Waals surface area contributed by atoms with Crippen LogP contribution in [0.3, 0.4) is 0 Å². The minimum absolute atomic E-state index is 0.439. The first-order chi connectivity index (χ1) is 18.9. The van der Waals surface area contributed by atoms with E-state index in [1.165, 1.54) is 11.1 Å². The van der Waals surface area contributed by atoms with Crippen molar-refractivity contribution in [3.05, 3.63) is 71.9 Å². The van der Waals surface area contributed by atoms with Crippen molar-refractivity contribution in [2.24, 2.45) is 0 Å². The van der Waals surface area contributed by atoms with E-state index in [4.69, 9.17) is 24.2 Å². The van der Waals surface area contributed by atoms with Crippen LogP contribution < -0.4 is 9.47 Å². The maximum atomic E-state index is 9.92. The Morgan fingerprint density at radius 3 is 2.46 bits per heavy atom. The van der Waals surface area contributed by atoms with Gasteiger partial charge in [0, 0.05) is 37.9 Å². The molecule has 8 nitrogen and oxygen atoms in total. The summed E-state index contributed by atoms with van der Waals surface area (Å²) in [6.07, 6.45) is 1.79. The SMILES string of the molecule is COCCOc1ccc(-c2cnc3cccc(-c4ccc(CN5CCS(O)(O)CC5)c(C)c4)c3n2)cc1OC. The van der Waals surface area contributed by atoms with Crippen LogP contribution in [-0.2, 0) is 11.3 Å². The summed E-state index contributed by atoms with van der Waals surface area (Å²) in [5.41, 5.74) is 7.85. The van der Waals surface area contributed by atoms with Crippen molar-refractivity contribution in [2.45, 2.75) is 13.5 Å². The van der Waals surface area contributed by atoms with E-state index in [-0.39, 0.29) is 0 Å². The molecule has 4 aromatic rings. The molecule has 1 fully saturated rings. The Bertz CT molecular complexity index is 1450. The number of aryl methyl sites for hydroxylation is 1. The normalized spacial score (nSPS) is 16.2. The molecule has 0 radical (unpaired) electrons. The number of para-hydroxylation sites is 1. The van der Waals surface area contributed by atoms with Gasteiger partial charge >= 0.3 is 0 Å². The molecule has 0 saturated carbocycles. The number of methoxy groups -OCH3 is 2. The van der Waals surface area contributed by atoms with Gasteiger partial charge in [0.15, 0.2) is 11.5 Å². The fraction of sp³-hybridized carbons (Fsp3) is 0.333. The molecule has 1 aromatic heterocycles. The molecule has 2 heterocycles. The van der Waals surface area contributed by atoms with Crippen LogP contribution in [0.15, 0.2) is 60.8 Å². The third-order valence-corrected chi connectivity index (χ3v) is 8.77. The van der Waals surface area contributed by atoms with Gasteiger partial charge in [0.2, 0.25) is 0 Å². The Morgan fingerprint density at radius 1 is 0.923 bits per heavy atom. The molecule has 1 aliphatic heterocycles. The van der Waals surface area contributed by atoms with E-state index in [2.05, 4.69) is 36.1 Å². The lowest BCUT2D eigenvalue weighted by Gasteiger charge is -2.41. The summed E-state index contributed by atoms with van der Waals surface area (Å²) in [5.74, 6) is 2.19. The largest absolute Gasteiger partial charge is 0.493 e. The molecule has 1 aliphatic rings. The van der Waals surface area contributed by atoms with Crippen LogP contribution in [0.2, 0.25) is 0 Å². The minimum atomic E-state index is -2.39. The number of hydrogen-bond acceptors (Lipinski definition) is 8. The highest BCUT2D eigenvalue weighted by Gasteiger charge is 2.22. The zero-order valence-electron chi connectivity index (χ0n) is 22.6. The Labute approximate surface area is 230 Å². The van der Waals surface area contributed by atoms with E-state index in [1.54, 1.807) is 20.4 Å². The second-order valence-corrected chi connectivity index (χ2v) is 12.2. The summed E-state index contributed by atoms with van der Waals surface area (Å²) in [5, 5.41) is 0. The zero-order chi connectivity index (χ0) is 27.4. The second kappa shape index (κ2) is 11.9. The molecule has 0 spiro atoms. The van der Waals surface area contributed by atoms with Gasteiger partial charge in [-0.1, -0.05) is 30.3 Å². The molecular weight excluding hydrogens is 514 g/mol. The van der Waals surface area contributed by atoms with Crippen LogP contribution in [0.4, 0.5) is 0 Å². The number of benzene rings is 3. The van der Waals surface area contributed by atoms with Crippen LogP contribution in [0, 0.1) is 6.92 Å². The quantitative estimate of drug-likeness (QED) is 0.250. The fourth-order valence-corrected chi connectivity index (χ4v) is 6.10. The van der Waals surface area contributed by atoms with E-state index >= 15 is 0 Å². The zero-order valence-corrected chi connectivity index (χ0v) is 23.4. The maximum Gasteiger partial charge on any atom is 0.161 e. The van der Waals surface area contributed by atoms with Crippen LogP contribution in [-0.4, -0.2) is 76.0 Å². The van der Waals surface area contributed by atoms with Crippen molar-refractivity contribution in [3.8, 4) is 33.9 Å². The maximum absolute atomic E-state index is 9.92. The first-order valence-electron chi connectivity index (χ1n) is 13.0. The standard InChI is InChI=1S/C30H35N3O5S/c1-21-17-22(7-8-24(21)20-33-11-15-39(34,35)16-12-33)25-5-4-6-26-30(25)32-27(19-31-26)23-9-10-28(29(18-23)37-3)38-14-13-36-2/h4-10,17-19,34-35H,11-16,20H2,1-3H3. The number of fused-ring (bicyclic) bond motifs is 1. The topological polar surface area (TPSA) is 97.2 Å². The summed E-state index contributed by atoms with van der Waals surface area (Å²) in [6, 6.07) is 18.3. The summed E-state index contributed by atoms with van der Waals surface area (Å²) >= 11 is 0. The molecule has 1 saturated heterocycles. The van der Waals surface area contributed by atoms with Crippen molar-refractivity contribution in [1.82, 2.24) is 14.9 Å². The average Bonchev–Trinajstić information content (AvgIpc) is 2.94. The van der Waals surface area contributed by atoms with Gasteiger partial charge < -0.3 is 14.2 Å². The molecule has 0 bridgehead atoms. The molecule has 3 aromatic carbocycles. The van der Waals surface area contributed by atoms with E-state index in [9.17, 15) is 9.11 Å². The Hall–Kier alpha value is -3.21. The summed E-state index contributed by atoms with van der Waals surface area (Å²) in [4.78, 5) is 12.0. The number of aromatic nitrogens is 2. The van der Waals surface area contributed by atoms with Crippen molar-refractivity contribution in [3.63, 3.8) is 0 Å². The number of hydrogen-bond donors (Lipinski definition) is 2. The van der Waals surface area contributed by atoms with Gasteiger partial charge in [-0.05, 0) is 47.9 Å². The molecular formula is C30H35N3O5S. The number of ether oxygens (including phenoxy) is 3. The van der Waals surface area contributed by atoms with Gasteiger partial charge in [-0.15, -0.1) is 0 Å². The first kappa shape index (κ1) is 27.4. The molecule has 0 unspecified atom stereocenters. The predicted molar refractivity (Wildman–Crippen MR) is 157 cm³/mol. The highest BCUT2D eigenvalue weighted by atomic mass is 32.3. The minimum Gasteiger partial charge on any atom is -0.493 e. The molecule has 206 valence electrons. The number of nitrogens with zero attached hydrogens (tertiary/aromatic N) is 3. The Kier molecular flexibility index (Phi) is 8.34. The summed E-state index contributed by atoms with van der Waals surface area (Å²) in [6.45, 7) is 5.27. The summed E-state index contributed by atoms with van der Waals surface area (Å²) < 4.78 is 36.2. The van der Waals surface area contributed by atoms with Gasteiger partial charge in [0.1, 0.15) is 6.61 Å². The second-order valence-electron chi connectivity index (χ2n) is 9.76. The Balaban J connectivity index is 1.42.